The first-order chi connectivity index (χ1) is 10.0. The van der Waals surface area contributed by atoms with Gasteiger partial charge in [-0.3, -0.25) is 14.3 Å². The van der Waals surface area contributed by atoms with Crippen molar-refractivity contribution < 1.29 is 14.9 Å². The second-order valence-electron chi connectivity index (χ2n) is 5.22. The third-order valence-electron chi connectivity index (χ3n) is 3.54. The van der Waals surface area contributed by atoms with Gasteiger partial charge in [0.1, 0.15) is 12.3 Å². The van der Waals surface area contributed by atoms with E-state index in [0.29, 0.717) is 18.0 Å². The molecule has 3 atom stereocenters. The number of aliphatic hydroxyl groups excluding tert-OH is 2. The van der Waals surface area contributed by atoms with Gasteiger partial charge < -0.3 is 19.8 Å². The molecule has 2 aromatic heterocycles. The maximum absolute atomic E-state index is 12.0. The standard InChI is InChI=1S/C12H17N5O4/c1-16(2)12-14-10-9(11(20)15-12)13-5-17(10)8-3-6(19)7(4-18)21-8/h5-8,18-19H,3-4H2,1-2H3,(H,14,15,20)/t6?,7-,8-/m1/s1. The minimum absolute atomic E-state index is 0.214. The number of fused-ring (bicyclic) bond motifs is 1. The number of anilines is 1. The van der Waals surface area contributed by atoms with Crippen LogP contribution < -0.4 is 10.5 Å². The fraction of sp³-hybridized carbons (Fsp3) is 0.583. The summed E-state index contributed by atoms with van der Waals surface area (Å²) in [7, 11) is 3.53. The number of nitrogens with zero attached hydrogens (tertiary/aromatic N) is 4. The molecule has 1 unspecified atom stereocenters. The van der Waals surface area contributed by atoms with Crippen LogP contribution in [0.1, 0.15) is 12.6 Å². The zero-order valence-electron chi connectivity index (χ0n) is 11.7. The Balaban J connectivity index is 2.06. The van der Waals surface area contributed by atoms with Gasteiger partial charge in [-0.15, -0.1) is 0 Å². The highest BCUT2D eigenvalue weighted by atomic mass is 16.5. The van der Waals surface area contributed by atoms with Gasteiger partial charge in [0.15, 0.2) is 11.2 Å². The van der Waals surface area contributed by atoms with E-state index in [0.717, 1.165) is 0 Å². The molecule has 3 N–H and O–H groups in total. The highest BCUT2D eigenvalue weighted by Gasteiger charge is 2.35. The Kier molecular flexibility index (Phi) is 3.40. The van der Waals surface area contributed by atoms with E-state index >= 15 is 0 Å². The van der Waals surface area contributed by atoms with Crippen LogP contribution in [0, 0.1) is 0 Å². The van der Waals surface area contributed by atoms with Crippen LogP contribution >= 0.6 is 0 Å². The van der Waals surface area contributed by atoms with Crippen LogP contribution in [0.3, 0.4) is 0 Å². The molecule has 3 heterocycles. The van der Waals surface area contributed by atoms with Crippen LogP contribution in [0.5, 0.6) is 0 Å². The summed E-state index contributed by atoms with van der Waals surface area (Å²) in [6, 6.07) is 0. The lowest BCUT2D eigenvalue weighted by Crippen LogP contribution is -2.24. The van der Waals surface area contributed by atoms with Crippen molar-refractivity contribution in [1.82, 2.24) is 19.5 Å². The van der Waals surface area contributed by atoms with Gasteiger partial charge in [-0.1, -0.05) is 0 Å². The van der Waals surface area contributed by atoms with Crippen molar-refractivity contribution in [1.29, 1.82) is 0 Å². The molecule has 9 heteroatoms. The number of rotatable bonds is 3. The van der Waals surface area contributed by atoms with Gasteiger partial charge in [-0.05, 0) is 0 Å². The van der Waals surface area contributed by atoms with Gasteiger partial charge >= 0.3 is 0 Å². The van der Waals surface area contributed by atoms with Crippen molar-refractivity contribution in [2.45, 2.75) is 24.9 Å². The van der Waals surface area contributed by atoms with Crippen LogP contribution in [0.25, 0.3) is 11.2 Å². The number of aromatic amines is 1. The molecule has 0 bridgehead atoms. The molecule has 114 valence electrons. The first kappa shape index (κ1) is 14.0. The maximum Gasteiger partial charge on any atom is 0.280 e. The zero-order valence-corrected chi connectivity index (χ0v) is 11.7. The molecule has 0 amide bonds. The number of nitrogens with one attached hydrogen (secondary N) is 1. The van der Waals surface area contributed by atoms with E-state index in [1.807, 2.05) is 0 Å². The van der Waals surface area contributed by atoms with Crippen LogP contribution in [0.15, 0.2) is 11.1 Å². The molecule has 0 aromatic carbocycles. The summed E-state index contributed by atoms with van der Waals surface area (Å²) in [4.78, 5) is 24.7. The second kappa shape index (κ2) is 5.10. The minimum Gasteiger partial charge on any atom is -0.394 e. The van der Waals surface area contributed by atoms with Crippen molar-refractivity contribution >= 4 is 17.1 Å². The van der Waals surface area contributed by atoms with Crippen LogP contribution in [0.4, 0.5) is 5.95 Å². The van der Waals surface area contributed by atoms with Gasteiger partial charge in [0, 0.05) is 20.5 Å². The minimum atomic E-state index is -0.757. The van der Waals surface area contributed by atoms with E-state index in [9.17, 15) is 9.90 Å². The van der Waals surface area contributed by atoms with E-state index in [-0.39, 0.29) is 17.7 Å². The highest BCUT2D eigenvalue weighted by molar-refractivity contribution is 5.71. The van der Waals surface area contributed by atoms with Crippen molar-refractivity contribution in [3.63, 3.8) is 0 Å². The fourth-order valence-corrected chi connectivity index (χ4v) is 2.39. The molecule has 3 rings (SSSR count). The van der Waals surface area contributed by atoms with E-state index < -0.39 is 18.4 Å². The van der Waals surface area contributed by atoms with E-state index in [4.69, 9.17) is 9.84 Å². The Bertz CT molecular complexity index is 709. The first-order valence-corrected chi connectivity index (χ1v) is 6.60. The smallest absolute Gasteiger partial charge is 0.280 e. The topological polar surface area (TPSA) is 116 Å². The monoisotopic (exact) mass is 295 g/mol. The predicted molar refractivity (Wildman–Crippen MR) is 74.1 cm³/mol. The first-order valence-electron chi connectivity index (χ1n) is 6.60. The van der Waals surface area contributed by atoms with Crippen LogP contribution in [-0.4, -0.2) is 62.6 Å². The summed E-state index contributed by atoms with van der Waals surface area (Å²) in [5.74, 6) is 0.409. The number of H-pyrrole nitrogens is 1. The number of hydrogen-bond acceptors (Lipinski definition) is 7. The van der Waals surface area contributed by atoms with E-state index in [1.165, 1.54) is 6.33 Å². The molecule has 0 radical (unpaired) electrons. The summed E-state index contributed by atoms with van der Waals surface area (Å²) in [6.07, 6.45) is -0.131. The van der Waals surface area contributed by atoms with E-state index in [1.54, 1.807) is 23.6 Å². The second-order valence-corrected chi connectivity index (χ2v) is 5.22. The highest BCUT2D eigenvalue weighted by Crippen LogP contribution is 2.30. The molecule has 9 nitrogen and oxygen atoms in total. The normalized spacial score (nSPS) is 25.6. The summed E-state index contributed by atoms with van der Waals surface area (Å²) >= 11 is 0. The molecular formula is C12H17N5O4. The molecule has 1 saturated heterocycles. The van der Waals surface area contributed by atoms with Crippen molar-refractivity contribution in [2.24, 2.45) is 0 Å². The quantitative estimate of drug-likeness (QED) is 0.653. The third-order valence-corrected chi connectivity index (χ3v) is 3.54. The Morgan fingerprint density at radius 3 is 2.95 bits per heavy atom. The number of hydrogen-bond donors (Lipinski definition) is 3. The van der Waals surface area contributed by atoms with Gasteiger partial charge in [-0.2, -0.15) is 4.98 Å². The average Bonchev–Trinajstić information content (AvgIpc) is 3.01. The van der Waals surface area contributed by atoms with Gasteiger partial charge in [0.05, 0.1) is 19.0 Å². The lowest BCUT2D eigenvalue weighted by Gasteiger charge is -2.15. The Hall–Kier alpha value is -1.97. The van der Waals surface area contributed by atoms with Gasteiger partial charge in [0.2, 0.25) is 5.95 Å². The average molecular weight is 295 g/mol. The molecular weight excluding hydrogens is 278 g/mol. The van der Waals surface area contributed by atoms with Gasteiger partial charge in [-0.25, -0.2) is 4.98 Å². The molecule has 0 aliphatic carbocycles. The number of ether oxygens (including phenoxy) is 1. The molecule has 0 saturated carbocycles. The molecule has 2 aromatic rings. The summed E-state index contributed by atoms with van der Waals surface area (Å²) in [6.45, 7) is -0.263. The number of aromatic nitrogens is 4. The summed E-state index contributed by atoms with van der Waals surface area (Å²) < 4.78 is 7.18. The Morgan fingerprint density at radius 2 is 2.33 bits per heavy atom. The predicted octanol–water partition coefficient (Wildman–Crippen LogP) is -1.17. The third kappa shape index (κ3) is 2.28. The lowest BCUT2D eigenvalue weighted by molar-refractivity contribution is -0.0432. The molecule has 0 spiro atoms. The SMILES string of the molecule is CN(C)c1nc2c(ncn2[C@H]2CC(O)[C@@H](CO)O2)c(=O)[nH]1. The van der Waals surface area contributed by atoms with E-state index in [2.05, 4.69) is 15.0 Å². The lowest BCUT2D eigenvalue weighted by atomic mass is 10.2. The van der Waals surface area contributed by atoms with Crippen molar-refractivity contribution in [3.8, 4) is 0 Å². The Labute approximate surface area is 119 Å². The summed E-state index contributed by atoms with van der Waals surface area (Å²) in [5, 5.41) is 19.0. The largest absolute Gasteiger partial charge is 0.394 e. The molecule has 1 aliphatic rings. The number of aliphatic hydroxyl groups is 2. The number of imidazole rings is 1. The van der Waals surface area contributed by atoms with Gasteiger partial charge in [0.25, 0.3) is 5.56 Å². The maximum atomic E-state index is 12.0. The fourth-order valence-electron chi connectivity index (χ4n) is 2.39. The molecule has 1 aliphatic heterocycles. The zero-order chi connectivity index (χ0) is 15.1. The Morgan fingerprint density at radius 1 is 1.57 bits per heavy atom. The van der Waals surface area contributed by atoms with Crippen molar-refractivity contribution in [2.75, 3.05) is 25.6 Å². The summed E-state index contributed by atoms with van der Waals surface area (Å²) in [5.41, 5.74) is 0.268. The van der Waals surface area contributed by atoms with Crippen LogP contribution in [-0.2, 0) is 4.74 Å². The molecule has 21 heavy (non-hydrogen) atoms. The van der Waals surface area contributed by atoms with Crippen LogP contribution in [0.2, 0.25) is 0 Å². The van der Waals surface area contributed by atoms with Crippen molar-refractivity contribution in [3.05, 3.63) is 16.7 Å². The molecule has 1 fully saturated rings.